The van der Waals surface area contributed by atoms with Gasteiger partial charge in [-0.25, -0.2) is 4.79 Å². The lowest BCUT2D eigenvalue weighted by Crippen LogP contribution is -2.40. The minimum Gasteiger partial charge on any atom is -0.444 e. The number of nitrogens with one attached hydrogen (secondary N) is 1. The van der Waals surface area contributed by atoms with Gasteiger partial charge in [0.25, 0.3) is 0 Å². The first-order valence-corrected chi connectivity index (χ1v) is 6.93. The quantitative estimate of drug-likeness (QED) is 0.870. The highest BCUT2D eigenvalue weighted by Crippen LogP contribution is 2.10. The monoisotopic (exact) mass is 279 g/mol. The molecule has 0 spiro atoms. The number of alkyl carbamates (subject to hydrolysis) is 1. The van der Waals surface area contributed by atoms with Crippen molar-refractivity contribution < 1.29 is 14.3 Å². The van der Waals surface area contributed by atoms with Gasteiger partial charge in [0.2, 0.25) is 0 Å². The van der Waals surface area contributed by atoms with E-state index in [-0.39, 0.29) is 12.1 Å². The molecule has 4 nitrogen and oxygen atoms in total. The molecule has 1 N–H and O–H groups in total. The summed E-state index contributed by atoms with van der Waals surface area (Å²) in [6.45, 7) is 6.17. The zero-order valence-electron chi connectivity index (χ0n) is 12.8. The van der Waals surface area contributed by atoms with Crippen LogP contribution in [0.3, 0.4) is 0 Å². The Morgan fingerprint density at radius 3 is 2.45 bits per heavy atom. The Morgan fingerprint density at radius 2 is 1.90 bits per heavy atom. The normalized spacial score (nSPS) is 12.8. The largest absolute Gasteiger partial charge is 0.444 e. The van der Waals surface area contributed by atoms with Crippen LogP contribution in [-0.2, 0) is 15.9 Å². The molecule has 0 radical (unpaired) electrons. The molecular weight excluding hydrogens is 254 g/mol. The lowest BCUT2D eigenvalue weighted by Gasteiger charge is -2.23. The van der Waals surface area contributed by atoms with Gasteiger partial charge < -0.3 is 14.8 Å². The number of hydrogen-bond acceptors (Lipinski definition) is 3. The molecule has 0 bridgehead atoms. The van der Waals surface area contributed by atoms with Crippen LogP contribution in [0.2, 0.25) is 0 Å². The van der Waals surface area contributed by atoms with E-state index in [2.05, 4.69) is 17.4 Å². The lowest BCUT2D eigenvalue weighted by atomic mass is 10.0. The third-order valence-corrected chi connectivity index (χ3v) is 2.72. The Labute approximate surface area is 121 Å². The topological polar surface area (TPSA) is 47.6 Å². The highest BCUT2D eigenvalue weighted by molar-refractivity contribution is 5.68. The van der Waals surface area contributed by atoms with Crippen LogP contribution in [-0.4, -0.2) is 31.5 Å². The van der Waals surface area contributed by atoms with Gasteiger partial charge in [-0.3, -0.25) is 0 Å². The molecule has 1 atom stereocenters. The Bertz CT molecular complexity index is 398. The van der Waals surface area contributed by atoms with Crippen molar-refractivity contribution in [1.29, 1.82) is 0 Å². The first kappa shape index (κ1) is 16.5. The predicted octanol–water partition coefficient (Wildman–Crippen LogP) is 3.16. The first-order chi connectivity index (χ1) is 9.40. The number of methoxy groups -OCH3 is 1. The molecule has 1 aromatic carbocycles. The molecule has 0 unspecified atom stereocenters. The Morgan fingerprint density at radius 1 is 1.25 bits per heavy atom. The number of ether oxygens (including phenoxy) is 2. The third-order valence-electron chi connectivity index (χ3n) is 2.72. The molecule has 112 valence electrons. The number of amides is 1. The second-order valence-corrected chi connectivity index (χ2v) is 5.81. The van der Waals surface area contributed by atoms with Crippen molar-refractivity contribution in [1.82, 2.24) is 5.32 Å². The van der Waals surface area contributed by atoms with Crippen LogP contribution >= 0.6 is 0 Å². The van der Waals surface area contributed by atoms with E-state index in [1.807, 2.05) is 39.0 Å². The molecule has 1 aromatic rings. The smallest absolute Gasteiger partial charge is 0.407 e. The number of hydrogen-bond donors (Lipinski definition) is 1. The summed E-state index contributed by atoms with van der Waals surface area (Å²) in [5, 5.41) is 2.92. The summed E-state index contributed by atoms with van der Waals surface area (Å²) < 4.78 is 10.4. The van der Waals surface area contributed by atoms with Crippen LogP contribution in [0.4, 0.5) is 4.79 Å². The zero-order valence-corrected chi connectivity index (χ0v) is 12.8. The molecule has 0 aromatic heterocycles. The van der Waals surface area contributed by atoms with Gasteiger partial charge in [0.1, 0.15) is 5.60 Å². The van der Waals surface area contributed by atoms with Gasteiger partial charge in [0.15, 0.2) is 0 Å². The molecule has 20 heavy (non-hydrogen) atoms. The molecule has 0 aliphatic rings. The van der Waals surface area contributed by atoms with Crippen molar-refractivity contribution in [2.75, 3.05) is 13.7 Å². The molecule has 4 heteroatoms. The third kappa shape index (κ3) is 7.14. The van der Waals surface area contributed by atoms with Crippen molar-refractivity contribution in [2.45, 2.75) is 45.3 Å². The molecular formula is C16H25NO3. The van der Waals surface area contributed by atoms with E-state index in [0.717, 1.165) is 12.8 Å². The van der Waals surface area contributed by atoms with Crippen molar-refractivity contribution in [3.8, 4) is 0 Å². The van der Waals surface area contributed by atoms with Gasteiger partial charge in [0, 0.05) is 19.8 Å². The van der Waals surface area contributed by atoms with Crippen molar-refractivity contribution in [3.63, 3.8) is 0 Å². The minimum atomic E-state index is -0.483. The maximum atomic E-state index is 11.8. The molecule has 0 saturated carbocycles. The first-order valence-electron chi connectivity index (χ1n) is 6.93. The van der Waals surface area contributed by atoms with Crippen molar-refractivity contribution in [3.05, 3.63) is 35.9 Å². The maximum Gasteiger partial charge on any atom is 0.407 e. The second kappa shape index (κ2) is 7.90. The molecule has 0 heterocycles. The summed E-state index contributed by atoms with van der Waals surface area (Å²) in [6.07, 6.45) is 1.14. The lowest BCUT2D eigenvalue weighted by molar-refractivity contribution is 0.0493. The Kier molecular flexibility index (Phi) is 6.52. The summed E-state index contributed by atoms with van der Waals surface area (Å²) in [6, 6.07) is 10.1. The highest BCUT2D eigenvalue weighted by atomic mass is 16.6. The number of carbonyl (C=O) groups is 1. The van der Waals surface area contributed by atoms with Crippen LogP contribution in [0, 0.1) is 0 Å². The van der Waals surface area contributed by atoms with Crippen LogP contribution < -0.4 is 5.32 Å². The van der Waals surface area contributed by atoms with E-state index in [1.54, 1.807) is 7.11 Å². The van der Waals surface area contributed by atoms with Crippen LogP contribution in [0.1, 0.15) is 32.8 Å². The van der Waals surface area contributed by atoms with Gasteiger partial charge in [-0.2, -0.15) is 0 Å². The average molecular weight is 279 g/mol. The van der Waals surface area contributed by atoms with Crippen molar-refractivity contribution in [2.24, 2.45) is 0 Å². The minimum absolute atomic E-state index is 0.00667. The summed E-state index contributed by atoms with van der Waals surface area (Å²) in [7, 11) is 1.66. The maximum absolute atomic E-state index is 11.8. The van der Waals surface area contributed by atoms with Crippen molar-refractivity contribution >= 4 is 6.09 Å². The average Bonchev–Trinajstić information content (AvgIpc) is 2.35. The van der Waals surface area contributed by atoms with Crippen LogP contribution in [0.5, 0.6) is 0 Å². The summed E-state index contributed by atoms with van der Waals surface area (Å²) in [4.78, 5) is 11.8. The summed E-state index contributed by atoms with van der Waals surface area (Å²) in [5.41, 5.74) is 0.701. The van der Waals surface area contributed by atoms with Gasteiger partial charge in [-0.1, -0.05) is 30.3 Å². The molecule has 0 aliphatic carbocycles. The molecule has 1 amide bonds. The van der Waals surface area contributed by atoms with E-state index in [0.29, 0.717) is 6.61 Å². The van der Waals surface area contributed by atoms with Gasteiger partial charge in [-0.05, 0) is 39.2 Å². The second-order valence-electron chi connectivity index (χ2n) is 5.81. The highest BCUT2D eigenvalue weighted by Gasteiger charge is 2.19. The fourth-order valence-electron chi connectivity index (χ4n) is 1.86. The molecule has 1 rings (SSSR count). The number of carbonyl (C=O) groups excluding carboxylic acids is 1. The van der Waals surface area contributed by atoms with E-state index >= 15 is 0 Å². The zero-order chi connectivity index (χ0) is 15.0. The fraction of sp³-hybridized carbons (Fsp3) is 0.562. The van der Waals surface area contributed by atoms with Gasteiger partial charge >= 0.3 is 6.09 Å². The number of benzene rings is 1. The Hall–Kier alpha value is -1.55. The molecule has 0 fully saturated rings. The SMILES string of the molecule is COCC[C@H](Cc1ccccc1)NC(=O)OC(C)(C)C. The summed E-state index contributed by atoms with van der Waals surface area (Å²) in [5.74, 6) is 0. The number of rotatable bonds is 6. The van der Waals surface area contributed by atoms with E-state index < -0.39 is 5.60 Å². The fourth-order valence-corrected chi connectivity index (χ4v) is 1.86. The van der Waals surface area contributed by atoms with Gasteiger partial charge in [0.05, 0.1) is 0 Å². The van der Waals surface area contributed by atoms with Crippen LogP contribution in [0.15, 0.2) is 30.3 Å². The van der Waals surface area contributed by atoms with E-state index in [9.17, 15) is 4.79 Å². The predicted molar refractivity (Wildman–Crippen MR) is 79.8 cm³/mol. The standard InChI is InChI=1S/C16H25NO3/c1-16(2,3)20-15(18)17-14(10-11-19-4)12-13-8-6-5-7-9-13/h5-9,14H,10-12H2,1-4H3,(H,17,18)/t14-/m1/s1. The van der Waals surface area contributed by atoms with Gasteiger partial charge in [-0.15, -0.1) is 0 Å². The Balaban J connectivity index is 2.57. The molecule has 0 aliphatic heterocycles. The van der Waals surface area contributed by atoms with Crippen LogP contribution in [0.25, 0.3) is 0 Å². The summed E-state index contributed by atoms with van der Waals surface area (Å²) >= 11 is 0. The van der Waals surface area contributed by atoms with E-state index in [1.165, 1.54) is 5.56 Å². The molecule has 0 saturated heterocycles. The van der Waals surface area contributed by atoms with E-state index in [4.69, 9.17) is 9.47 Å².